The molecule has 0 spiro atoms. The number of phenolic OH excluding ortho intramolecular Hbond substituents is 1. The predicted octanol–water partition coefficient (Wildman–Crippen LogP) is 2.66. The van der Waals surface area contributed by atoms with E-state index in [-0.39, 0.29) is 50.5 Å². The van der Waals surface area contributed by atoms with Crippen molar-refractivity contribution in [3.63, 3.8) is 0 Å². The van der Waals surface area contributed by atoms with E-state index in [1.165, 1.54) is 57.1 Å². The van der Waals surface area contributed by atoms with Crippen LogP contribution in [0.4, 0.5) is 4.79 Å². The highest BCUT2D eigenvalue weighted by molar-refractivity contribution is 8.76. The number of aliphatic hydroxyl groups is 1. The van der Waals surface area contributed by atoms with Crippen LogP contribution in [0.3, 0.4) is 0 Å². The highest BCUT2D eigenvalue weighted by atomic mass is 33.1. The van der Waals surface area contributed by atoms with E-state index in [0.29, 0.717) is 29.9 Å². The topological polar surface area (TPSA) is 277 Å². The first-order valence-electron chi connectivity index (χ1n) is 19.7. The van der Waals surface area contributed by atoms with Crippen molar-refractivity contribution in [2.45, 2.75) is 96.6 Å². The van der Waals surface area contributed by atoms with Crippen molar-refractivity contribution < 1.29 is 53.6 Å². The van der Waals surface area contributed by atoms with Crippen molar-refractivity contribution in [3.05, 3.63) is 65.9 Å². The van der Waals surface area contributed by atoms with Crippen LogP contribution in [-0.4, -0.2) is 123 Å². The van der Waals surface area contributed by atoms with Gasteiger partial charge in [0.1, 0.15) is 29.5 Å². The van der Waals surface area contributed by atoms with E-state index in [9.17, 15) is 39.0 Å². The van der Waals surface area contributed by atoms with Gasteiger partial charge in [-0.1, -0.05) is 51.9 Å². The largest absolute Gasteiger partial charge is 0.508 e. The summed E-state index contributed by atoms with van der Waals surface area (Å²) in [6.07, 6.45) is 1.35. The number of rotatable bonds is 8. The quantitative estimate of drug-likeness (QED) is 0.0887. The summed E-state index contributed by atoms with van der Waals surface area (Å²) in [6, 6.07) is 11.0. The smallest absolute Gasteiger partial charge is 0.407 e. The van der Waals surface area contributed by atoms with Gasteiger partial charge in [-0.3, -0.25) is 28.8 Å². The molecule has 18 nitrogen and oxygen atoms in total. The number of hydrogen-bond acceptors (Lipinski definition) is 12. The molecular formula is C41H59N7O11S2. The van der Waals surface area contributed by atoms with Crippen molar-refractivity contribution >= 4 is 74.6 Å². The first-order valence-corrected chi connectivity index (χ1v) is 22.1. The number of aryl methyl sites for hydroxylation is 1. The van der Waals surface area contributed by atoms with Gasteiger partial charge in [0.05, 0.1) is 12.6 Å². The molecule has 1 aliphatic rings. The summed E-state index contributed by atoms with van der Waals surface area (Å²) in [7, 11) is 2.84. The standard InChI is InChI=1S/C31H48N6O9S2.C9H9N.CH2O2/c1-19(38)26-29(44)32-14-16-48-47-15-12-24(40)36-23(17-20-8-10-21(39)11-9-20)27(42)34-18-25(41)35-22(28(43)37-26)7-5-6-13-33-30(45)46-31(2,3)4;1-7-6-10-9-5-3-2-4-8(7)9;2-1-3/h8-11,19,22-23,26,38-39H,5-7,12-18H2,1-4H3,(H,32,44)(H,33,45)(H,34,42)(H,35,41)(H,36,40)(H,37,43);2-6,10H,1H3;1H,(H,2,3). The Morgan fingerprint density at radius 3 is 2.21 bits per heavy atom. The predicted molar refractivity (Wildman–Crippen MR) is 235 cm³/mol. The van der Waals surface area contributed by atoms with E-state index in [1.807, 2.05) is 12.3 Å². The molecule has 10 N–H and O–H groups in total. The molecule has 1 aliphatic heterocycles. The number of aromatic hydroxyl groups is 1. The fourth-order valence-electron chi connectivity index (χ4n) is 5.58. The Kier molecular flexibility index (Phi) is 23.2. The first-order chi connectivity index (χ1) is 28.9. The summed E-state index contributed by atoms with van der Waals surface area (Å²) in [5.41, 5.74) is 2.55. The third-order valence-electron chi connectivity index (χ3n) is 8.53. The van der Waals surface area contributed by atoms with E-state index < -0.39 is 66.1 Å². The Balaban J connectivity index is 0.000000831. The van der Waals surface area contributed by atoms with E-state index in [0.717, 1.165) is 0 Å². The number of hydrogen-bond donors (Lipinski definition) is 10. The second-order valence-corrected chi connectivity index (χ2v) is 17.5. The maximum absolute atomic E-state index is 13.3. The summed E-state index contributed by atoms with van der Waals surface area (Å²) >= 11 is 0. The lowest BCUT2D eigenvalue weighted by Gasteiger charge is -2.25. The summed E-state index contributed by atoms with van der Waals surface area (Å²) in [5, 5.41) is 43.7. The number of alkyl carbamates (subject to hydrolysis) is 1. The lowest BCUT2D eigenvalue weighted by atomic mass is 10.0. The molecule has 4 unspecified atom stereocenters. The zero-order valence-corrected chi connectivity index (χ0v) is 36.7. The van der Waals surface area contributed by atoms with Gasteiger partial charge in [-0.05, 0) is 83.2 Å². The number of fused-ring (bicyclic) bond motifs is 1. The van der Waals surface area contributed by atoms with Crippen LogP contribution < -0.4 is 31.9 Å². The number of unbranched alkanes of at least 4 members (excludes halogenated alkanes) is 1. The minimum Gasteiger partial charge on any atom is -0.508 e. The van der Waals surface area contributed by atoms with Gasteiger partial charge in [-0.2, -0.15) is 0 Å². The molecule has 4 rings (SSSR count). The Hall–Kier alpha value is -5.47. The van der Waals surface area contributed by atoms with Crippen LogP contribution in [0, 0.1) is 6.92 Å². The summed E-state index contributed by atoms with van der Waals surface area (Å²) in [6.45, 7) is 8.41. The van der Waals surface area contributed by atoms with Crippen LogP contribution >= 0.6 is 21.6 Å². The second-order valence-electron chi connectivity index (χ2n) is 14.8. The molecule has 6 amide bonds. The summed E-state index contributed by atoms with van der Waals surface area (Å²) in [4.78, 5) is 88.5. The van der Waals surface area contributed by atoms with Crippen LogP contribution in [0.2, 0.25) is 0 Å². The lowest BCUT2D eigenvalue weighted by molar-refractivity contribution is -0.134. The molecule has 2 heterocycles. The highest BCUT2D eigenvalue weighted by Crippen LogP contribution is 2.21. The van der Waals surface area contributed by atoms with E-state index in [2.05, 4.69) is 62.0 Å². The van der Waals surface area contributed by atoms with Crippen LogP contribution in [0.25, 0.3) is 10.9 Å². The average molecular weight is 890 g/mol. The van der Waals surface area contributed by atoms with Gasteiger partial charge in [-0.15, -0.1) is 0 Å². The van der Waals surface area contributed by atoms with Crippen molar-refractivity contribution in [1.82, 2.24) is 36.9 Å². The third-order valence-corrected chi connectivity index (χ3v) is 10.9. The molecule has 1 fully saturated rings. The number of phenols is 1. The Morgan fingerprint density at radius 1 is 0.902 bits per heavy atom. The van der Waals surface area contributed by atoms with Gasteiger partial charge in [-0.25, -0.2) is 4.79 Å². The van der Waals surface area contributed by atoms with E-state index >= 15 is 0 Å². The molecule has 1 aromatic heterocycles. The molecule has 4 atom stereocenters. The monoisotopic (exact) mass is 889 g/mol. The van der Waals surface area contributed by atoms with Crippen molar-refractivity contribution in [1.29, 1.82) is 0 Å². The van der Waals surface area contributed by atoms with Gasteiger partial charge >= 0.3 is 6.09 Å². The molecule has 0 saturated carbocycles. The first kappa shape index (κ1) is 51.7. The number of aromatic amines is 1. The second kappa shape index (κ2) is 27.4. The molecule has 336 valence electrons. The number of carbonyl (C=O) groups is 7. The normalized spacial score (nSPS) is 19.0. The molecule has 1 saturated heterocycles. The fraction of sp³-hybridized carbons (Fsp3) is 0.488. The van der Waals surface area contributed by atoms with Gasteiger partial charge in [0.2, 0.25) is 29.5 Å². The lowest BCUT2D eigenvalue weighted by Crippen LogP contribution is -2.58. The molecule has 0 bridgehead atoms. The van der Waals surface area contributed by atoms with E-state index in [4.69, 9.17) is 14.6 Å². The molecule has 20 heteroatoms. The third kappa shape index (κ3) is 21.1. The highest BCUT2D eigenvalue weighted by Gasteiger charge is 2.30. The zero-order chi connectivity index (χ0) is 45.4. The van der Waals surface area contributed by atoms with Gasteiger partial charge in [0.25, 0.3) is 6.47 Å². The molecule has 0 radical (unpaired) electrons. The number of para-hydroxylation sites is 1. The van der Waals surface area contributed by atoms with E-state index in [1.54, 1.807) is 32.9 Å². The number of aromatic nitrogens is 1. The number of H-pyrrole nitrogens is 1. The fourth-order valence-corrected chi connectivity index (χ4v) is 7.48. The number of ether oxygens (including phenoxy) is 1. The minimum absolute atomic E-state index is 0.0480. The molecule has 61 heavy (non-hydrogen) atoms. The summed E-state index contributed by atoms with van der Waals surface area (Å²) < 4.78 is 5.21. The van der Waals surface area contributed by atoms with Crippen LogP contribution in [0.15, 0.2) is 54.7 Å². The number of carboxylic acid groups (broad SMARTS) is 1. The number of benzene rings is 2. The van der Waals surface area contributed by atoms with Crippen LogP contribution in [0.5, 0.6) is 5.75 Å². The van der Waals surface area contributed by atoms with Crippen molar-refractivity contribution in [3.8, 4) is 5.75 Å². The number of aliphatic hydroxyl groups excluding tert-OH is 1. The van der Waals surface area contributed by atoms with Gasteiger partial charge in [0.15, 0.2) is 0 Å². The zero-order valence-electron chi connectivity index (χ0n) is 35.1. The van der Waals surface area contributed by atoms with Crippen molar-refractivity contribution in [2.75, 3.05) is 31.1 Å². The molecule has 0 aliphatic carbocycles. The number of nitrogens with one attached hydrogen (secondary N) is 7. The molecule has 2 aromatic carbocycles. The van der Waals surface area contributed by atoms with Gasteiger partial charge in [0, 0.05) is 54.5 Å². The SMILES string of the molecule is CC(O)C1NC(=O)C(CCCCNC(=O)OC(C)(C)C)NC(=O)CNC(=O)C(Cc2ccc(O)cc2)NC(=O)CCSSCCNC1=O.Cc1c[nH]c2ccccc12.O=CO. The maximum Gasteiger partial charge on any atom is 0.407 e. The Labute approximate surface area is 363 Å². The maximum atomic E-state index is 13.3. The molecule has 3 aromatic rings. The minimum atomic E-state index is -1.29. The Bertz CT molecular complexity index is 1870. The number of amides is 6. The van der Waals surface area contributed by atoms with Gasteiger partial charge < -0.3 is 56.9 Å². The van der Waals surface area contributed by atoms with Crippen molar-refractivity contribution in [2.24, 2.45) is 0 Å². The average Bonchev–Trinajstić information content (AvgIpc) is 3.58. The Morgan fingerprint density at radius 2 is 1.56 bits per heavy atom. The van der Waals surface area contributed by atoms with Crippen LogP contribution in [-0.2, 0) is 39.9 Å². The summed E-state index contributed by atoms with van der Waals surface area (Å²) in [5.74, 6) is -2.04. The van der Waals surface area contributed by atoms with Crippen LogP contribution in [0.1, 0.15) is 64.5 Å². The number of carbonyl (C=O) groups excluding carboxylic acids is 6. The molecular weight excluding hydrogens is 831 g/mol.